The zero-order valence-corrected chi connectivity index (χ0v) is 19.3. The van der Waals surface area contributed by atoms with Gasteiger partial charge in [-0.1, -0.05) is 42.1 Å². The topological polar surface area (TPSA) is 95.1 Å². The van der Waals surface area contributed by atoms with Crippen LogP contribution in [0.25, 0.3) is 0 Å². The van der Waals surface area contributed by atoms with E-state index in [0.717, 1.165) is 29.7 Å². The number of carbonyl (C=O) groups excluding carboxylic acids is 1. The fraction of sp³-hybridized carbons (Fsp3) is 0.375. The molecule has 1 aliphatic rings. The van der Waals surface area contributed by atoms with Crippen molar-refractivity contribution in [2.75, 3.05) is 18.7 Å². The molecule has 0 saturated heterocycles. The molecule has 0 fully saturated rings. The molecule has 1 amide bonds. The Balaban J connectivity index is 1.31. The lowest BCUT2D eigenvalue weighted by molar-refractivity contribution is -0.119. The van der Waals surface area contributed by atoms with Crippen molar-refractivity contribution in [3.8, 4) is 5.75 Å². The van der Waals surface area contributed by atoms with Crippen LogP contribution in [0.4, 0.5) is 0 Å². The van der Waals surface area contributed by atoms with E-state index in [1.165, 1.54) is 40.4 Å². The predicted octanol–water partition coefficient (Wildman–Crippen LogP) is 3.44. The Morgan fingerprint density at radius 2 is 1.91 bits per heavy atom. The Bertz CT molecular complexity index is 1080. The van der Waals surface area contributed by atoms with Gasteiger partial charge in [0.2, 0.25) is 11.1 Å². The van der Waals surface area contributed by atoms with Gasteiger partial charge >= 0.3 is 0 Å². The zero-order chi connectivity index (χ0) is 22.5. The summed E-state index contributed by atoms with van der Waals surface area (Å²) in [6, 6.07) is 14.3. The molecular formula is C24H29N5O2S. The number of aromatic nitrogens is 3. The molecule has 0 aliphatic heterocycles. The number of nitrogen functional groups attached to an aromatic ring is 1. The number of aryl methyl sites for hydroxylation is 2. The molecule has 1 aromatic heterocycles. The Morgan fingerprint density at radius 1 is 1.16 bits per heavy atom. The summed E-state index contributed by atoms with van der Waals surface area (Å²) in [5.74, 6) is 7.78. The minimum Gasteiger partial charge on any atom is -0.497 e. The zero-order valence-electron chi connectivity index (χ0n) is 18.5. The van der Waals surface area contributed by atoms with Crippen molar-refractivity contribution in [1.82, 2.24) is 20.2 Å². The van der Waals surface area contributed by atoms with Gasteiger partial charge in [0.05, 0.1) is 18.9 Å². The van der Waals surface area contributed by atoms with E-state index in [1.807, 2.05) is 31.2 Å². The number of carbonyl (C=O) groups is 1. The summed E-state index contributed by atoms with van der Waals surface area (Å²) in [7, 11) is 1.64. The quantitative estimate of drug-likeness (QED) is 0.402. The first kappa shape index (κ1) is 22.2. The molecule has 4 rings (SSSR count). The third-order valence-corrected chi connectivity index (χ3v) is 6.78. The van der Waals surface area contributed by atoms with Crippen LogP contribution in [0.1, 0.15) is 53.9 Å². The fourth-order valence-corrected chi connectivity index (χ4v) is 4.66. The van der Waals surface area contributed by atoms with Gasteiger partial charge in [0.15, 0.2) is 5.82 Å². The summed E-state index contributed by atoms with van der Waals surface area (Å²) >= 11 is 1.28. The minimum absolute atomic E-state index is 0.0447. The summed E-state index contributed by atoms with van der Waals surface area (Å²) in [5.41, 5.74) is 5.07. The Hall–Kier alpha value is -3.00. The number of nitrogens with two attached hydrogens (primary N) is 1. The first-order valence-electron chi connectivity index (χ1n) is 10.9. The smallest absolute Gasteiger partial charge is 0.230 e. The van der Waals surface area contributed by atoms with Crippen molar-refractivity contribution in [2.24, 2.45) is 0 Å². The van der Waals surface area contributed by atoms with Crippen LogP contribution in [-0.2, 0) is 24.1 Å². The van der Waals surface area contributed by atoms with Crippen molar-refractivity contribution in [3.05, 3.63) is 70.5 Å². The molecule has 1 unspecified atom stereocenters. The standard InChI is InChI=1S/C24H29N5O2S/c1-16(19-10-9-18-5-3-4-6-20(18)14-19)26-23(30)15-32-24-28-27-22(29(24)25)13-17-7-11-21(31-2)12-8-17/h7-12,14,16H,3-6,13,15,25H2,1-2H3,(H,26,30). The second-order valence-electron chi connectivity index (χ2n) is 8.11. The number of nitrogens with zero attached hydrogens (tertiary/aromatic N) is 3. The molecular weight excluding hydrogens is 422 g/mol. The van der Waals surface area contributed by atoms with E-state index in [1.54, 1.807) is 7.11 Å². The van der Waals surface area contributed by atoms with Gasteiger partial charge in [-0.2, -0.15) is 0 Å². The lowest BCUT2D eigenvalue weighted by atomic mass is 9.89. The number of hydrogen-bond acceptors (Lipinski definition) is 6. The molecule has 1 aliphatic carbocycles. The van der Waals surface area contributed by atoms with Crippen LogP contribution in [0.5, 0.6) is 5.75 Å². The molecule has 7 nitrogen and oxygen atoms in total. The van der Waals surface area contributed by atoms with Gasteiger partial charge in [-0.25, -0.2) is 4.68 Å². The van der Waals surface area contributed by atoms with Gasteiger partial charge in [-0.3, -0.25) is 4.79 Å². The van der Waals surface area contributed by atoms with E-state index < -0.39 is 0 Å². The summed E-state index contributed by atoms with van der Waals surface area (Å²) in [5, 5.41) is 11.9. The van der Waals surface area contributed by atoms with E-state index in [-0.39, 0.29) is 17.7 Å². The maximum absolute atomic E-state index is 12.5. The molecule has 0 saturated carbocycles. The van der Waals surface area contributed by atoms with Crippen LogP contribution in [-0.4, -0.2) is 33.6 Å². The molecule has 1 atom stereocenters. The largest absolute Gasteiger partial charge is 0.497 e. The van der Waals surface area contributed by atoms with Gasteiger partial charge in [0, 0.05) is 6.42 Å². The van der Waals surface area contributed by atoms with Crippen molar-refractivity contribution < 1.29 is 9.53 Å². The number of ether oxygens (including phenoxy) is 1. The number of fused-ring (bicyclic) bond motifs is 1. The van der Waals surface area contributed by atoms with Crippen LogP contribution >= 0.6 is 11.8 Å². The van der Waals surface area contributed by atoms with E-state index in [9.17, 15) is 4.79 Å². The molecule has 3 aromatic rings. The van der Waals surface area contributed by atoms with E-state index >= 15 is 0 Å². The van der Waals surface area contributed by atoms with E-state index in [0.29, 0.717) is 17.4 Å². The average Bonchev–Trinajstić information content (AvgIpc) is 3.16. The van der Waals surface area contributed by atoms with Gasteiger partial charge in [-0.15, -0.1) is 10.2 Å². The first-order chi connectivity index (χ1) is 15.5. The monoisotopic (exact) mass is 451 g/mol. The van der Waals surface area contributed by atoms with Crippen LogP contribution < -0.4 is 15.9 Å². The van der Waals surface area contributed by atoms with Gasteiger partial charge in [-0.05, 0) is 67.0 Å². The third-order valence-electron chi connectivity index (χ3n) is 5.84. The minimum atomic E-state index is -0.0556. The fourth-order valence-electron chi connectivity index (χ4n) is 3.97. The summed E-state index contributed by atoms with van der Waals surface area (Å²) < 4.78 is 6.64. The maximum Gasteiger partial charge on any atom is 0.230 e. The second-order valence-corrected chi connectivity index (χ2v) is 9.05. The Morgan fingerprint density at radius 3 is 2.66 bits per heavy atom. The van der Waals surface area contributed by atoms with Crippen LogP contribution in [0, 0.1) is 0 Å². The van der Waals surface area contributed by atoms with E-state index in [4.69, 9.17) is 10.6 Å². The maximum atomic E-state index is 12.5. The summed E-state index contributed by atoms with van der Waals surface area (Å²) in [4.78, 5) is 12.5. The molecule has 8 heteroatoms. The molecule has 3 N–H and O–H groups in total. The van der Waals surface area contributed by atoms with Gasteiger partial charge in [0.1, 0.15) is 5.75 Å². The lowest BCUT2D eigenvalue weighted by Crippen LogP contribution is -2.28. The highest BCUT2D eigenvalue weighted by Crippen LogP contribution is 2.25. The number of methoxy groups -OCH3 is 1. The number of amides is 1. The molecule has 0 radical (unpaired) electrons. The predicted molar refractivity (Wildman–Crippen MR) is 126 cm³/mol. The summed E-state index contributed by atoms with van der Waals surface area (Å²) in [6.07, 6.45) is 5.35. The van der Waals surface area contributed by atoms with Gasteiger partial charge < -0.3 is 15.9 Å². The van der Waals surface area contributed by atoms with Crippen LogP contribution in [0.3, 0.4) is 0 Å². The van der Waals surface area contributed by atoms with Crippen molar-refractivity contribution in [1.29, 1.82) is 0 Å². The molecule has 0 spiro atoms. The molecule has 32 heavy (non-hydrogen) atoms. The number of thioether (sulfide) groups is 1. The van der Waals surface area contributed by atoms with Crippen molar-refractivity contribution >= 4 is 17.7 Å². The Kier molecular flexibility index (Phi) is 6.99. The molecule has 168 valence electrons. The van der Waals surface area contributed by atoms with Crippen molar-refractivity contribution in [3.63, 3.8) is 0 Å². The number of benzene rings is 2. The first-order valence-corrected chi connectivity index (χ1v) is 11.9. The second kappa shape index (κ2) is 10.1. The lowest BCUT2D eigenvalue weighted by Gasteiger charge is -2.20. The summed E-state index contributed by atoms with van der Waals surface area (Å²) in [6.45, 7) is 2.02. The van der Waals surface area contributed by atoms with Crippen molar-refractivity contribution in [2.45, 2.75) is 50.2 Å². The number of rotatable bonds is 8. The number of nitrogens with one attached hydrogen (secondary N) is 1. The van der Waals surface area contributed by atoms with E-state index in [2.05, 4.69) is 33.7 Å². The normalized spacial score (nSPS) is 13.9. The highest BCUT2D eigenvalue weighted by atomic mass is 32.2. The average molecular weight is 452 g/mol. The Labute approximate surface area is 192 Å². The molecule has 1 heterocycles. The molecule has 0 bridgehead atoms. The SMILES string of the molecule is COc1ccc(Cc2nnc(SCC(=O)NC(C)c3ccc4c(c3)CCCC4)n2N)cc1. The van der Waals surface area contributed by atoms with Crippen LogP contribution in [0.15, 0.2) is 47.6 Å². The third kappa shape index (κ3) is 5.24. The highest BCUT2D eigenvalue weighted by Gasteiger charge is 2.16. The molecule has 2 aromatic carbocycles. The van der Waals surface area contributed by atoms with Crippen LogP contribution in [0.2, 0.25) is 0 Å². The highest BCUT2D eigenvalue weighted by molar-refractivity contribution is 7.99. The number of hydrogen-bond donors (Lipinski definition) is 2. The van der Waals surface area contributed by atoms with Gasteiger partial charge in [0.25, 0.3) is 0 Å².